The minimum Gasteiger partial charge on any atom is -0.490 e. The number of ether oxygens (including phenoxy) is 3. The number of urea groups is 1. The van der Waals surface area contributed by atoms with E-state index < -0.39 is 17.8 Å². The van der Waals surface area contributed by atoms with Gasteiger partial charge < -0.3 is 14.2 Å². The van der Waals surface area contributed by atoms with Crippen LogP contribution in [0.1, 0.15) is 23.6 Å². The van der Waals surface area contributed by atoms with Crippen LogP contribution in [0.25, 0.3) is 6.08 Å². The van der Waals surface area contributed by atoms with Crippen molar-refractivity contribution in [2.75, 3.05) is 11.5 Å². The van der Waals surface area contributed by atoms with Crippen LogP contribution in [0.15, 0.2) is 95.0 Å². The summed E-state index contributed by atoms with van der Waals surface area (Å²) < 4.78 is 31.6. The first-order valence-corrected chi connectivity index (χ1v) is 14.6. The molecule has 4 amide bonds. The van der Waals surface area contributed by atoms with E-state index in [4.69, 9.17) is 25.8 Å². The molecule has 1 N–H and O–H groups in total. The van der Waals surface area contributed by atoms with Crippen molar-refractivity contribution in [1.82, 2.24) is 5.32 Å². The fraction of sp³-hybridized carbons (Fsp3) is 0.121. The molecule has 1 saturated heterocycles. The molecule has 0 radical (unpaired) electrons. The highest BCUT2D eigenvalue weighted by atomic mass is 79.9. The van der Waals surface area contributed by atoms with Crippen molar-refractivity contribution in [3.8, 4) is 17.2 Å². The van der Waals surface area contributed by atoms with E-state index in [2.05, 4.69) is 21.2 Å². The van der Waals surface area contributed by atoms with Gasteiger partial charge in [0.2, 0.25) is 0 Å². The van der Waals surface area contributed by atoms with E-state index in [-0.39, 0.29) is 46.8 Å². The largest absolute Gasteiger partial charge is 0.490 e. The minimum atomic E-state index is -0.877. The molecule has 8 nitrogen and oxygen atoms in total. The number of carbonyl (C=O) groups excluding carboxylic acids is 3. The second kappa shape index (κ2) is 13.7. The third-order valence-corrected chi connectivity index (χ3v) is 7.26. The van der Waals surface area contributed by atoms with Crippen molar-refractivity contribution in [3.63, 3.8) is 0 Å². The molecule has 0 aromatic heterocycles. The van der Waals surface area contributed by atoms with Crippen molar-refractivity contribution in [1.29, 1.82) is 0 Å². The lowest BCUT2D eigenvalue weighted by Gasteiger charge is -2.26. The number of halogens is 3. The van der Waals surface area contributed by atoms with Gasteiger partial charge in [0, 0.05) is 4.47 Å². The molecular formula is C33H25BrClFN2O6. The van der Waals surface area contributed by atoms with Gasteiger partial charge in [0.15, 0.2) is 11.5 Å². The Balaban J connectivity index is 1.35. The van der Waals surface area contributed by atoms with Gasteiger partial charge in [-0.25, -0.2) is 14.1 Å². The summed E-state index contributed by atoms with van der Waals surface area (Å²) in [5.41, 5.74) is 2.03. The highest BCUT2D eigenvalue weighted by Crippen LogP contribution is 2.38. The van der Waals surface area contributed by atoms with E-state index in [1.54, 1.807) is 49.4 Å². The lowest BCUT2D eigenvalue weighted by atomic mass is 10.1. The summed E-state index contributed by atoms with van der Waals surface area (Å²) in [5.74, 6) is -0.958. The maximum atomic E-state index is 13.4. The Bertz CT molecular complexity index is 1730. The number of rotatable bonds is 10. The molecule has 0 atom stereocenters. The van der Waals surface area contributed by atoms with Gasteiger partial charge in [0.25, 0.3) is 11.8 Å². The maximum absolute atomic E-state index is 13.4. The number of hydrogen-bond acceptors (Lipinski definition) is 6. The van der Waals surface area contributed by atoms with Gasteiger partial charge in [-0.3, -0.25) is 14.9 Å². The molecule has 5 rings (SSSR count). The summed E-state index contributed by atoms with van der Waals surface area (Å²) in [5, 5.41) is 2.38. The molecule has 0 bridgehead atoms. The molecule has 0 spiro atoms. The number of benzene rings is 4. The average molecular weight is 680 g/mol. The molecular weight excluding hydrogens is 655 g/mol. The van der Waals surface area contributed by atoms with Crippen LogP contribution in [-0.2, 0) is 22.8 Å². The fourth-order valence-corrected chi connectivity index (χ4v) is 4.85. The highest BCUT2D eigenvalue weighted by molar-refractivity contribution is 9.10. The second-order valence-corrected chi connectivity index (χ2v) is 10.9. The first-order valence-electron chi connectivity index (χ1n) is 13.4. The standard InChI is InChI=1S/C33H25BrClFN2O6/c1-2-42-29-17-22(16-28(35)30(29)44-19-21-5-9-24(36)10-6-21)15-27-31(39)37-33(41)38(32(27)40)25-11-13-26(14-12-25)43-18-20-3-7-23(34)8-4-20/h3-17H,2,18-19H2,1H3,(H,37,39,41)/b27-15+. The van der Waals surface area contributed by atoms with Crippen LogP contribution < -0.4 is 24.4 Å². The number of amides is 4. The van der Waals surface area contributed by atoms with Crippen LogP contribution in [-0.4, -0.2) is 24.5 Å². The number of hydrogen-bond donors (Lipinski definition) is 1. The number of anilines is 1. The van der Waals surface area contributed by atoms with Crippen LogP contribution in [0.3, 0.4) is 0 Å². The molecule has 0 aliphatic carbocycles. The van der Waals surface area contributed by atoms with Crippen molar-refractivity contribution in [3.05, 3.63) is 123 Å². The molecule has 1 fully saturated rings. The van der Waals surface area contributed by atoms with E-state index in [1.807, 2.05) is 24.3 Å². The van der Waals surface area contributed by atoms with Gasteiger partial charge in [-0.05, 0) is 90.4 Å². The number of carbonyl (C=O) groups is 3. The summed E-state index contributed by atoms with van der Waals surface area (Å²) in [7, 11) is 0. The van der Waals surface area contributed by atoms with Gasteiger partial charge in [0.1, 0.15) is 30.4 Å². The second-order valence-electron chi connectivity index (χ2n) is 9.55. The lowest BCUT2D eigenvalue weighted by Crippen LogP contribution is -2.54. The molecule has 0 unspecified atom stereocenters. The first kappa shape index (κ1) is 30.8. The summed E-state index contributed by atoms with van der Waals surface area (Å²) in [6.07, 6.45) is 1.32. The van der Waals surface area contributed by atoms with Crippen LogP contribution in [0, 0.1) is 5.82 Å². The Morgan fingerprint density at radius 1 is 0.864 bits per heavy atom. The van der Waals surface area contributed by atoms with Gasteiger partial charge in [-0.2, -0.15) is 0 Å². The van der Waals surface area contributed by atoms with Gasteiger partial charge in [0.05, 0.1) is 17.3 Å². The third-order valence-electron chi connectivity index (χ3n) is 6.45. The summed E-state index contributed by atoms with van der Waals surface area (Å²) in [4.78, 5) is 39.8. The van der Waals surface area contributed by atoms with E-state index in [0.717, 1.165) is 20.5 Å². The summed E-state index contributed by atoms with van der Waals surface area (Å²) in [6.45, 7) is 2.50. The van der Waals surface area contributed by atoms with E-state index >= 15 is 0 Å². The van der Waals surface area contributed by atoms with E-state index in [0.29, 0.717) is 17.9 Å². The predicted molar refractivity (Wildman–Crippen MR) is 167 cm³/mol. The van der Waals surface area contributed by atoms with Gasteiger partial charge >= 0.3 is 6.03 Å². The average Bonchev–Trinajstić information content (AvgIpc) is 3.00. The number of nitrogens with zero attached hydrogens (tertiary/aromatic N) is 1. The fourth-order valence-electron chi connectivity index (χ4n) is 4.31. The zero-order valence-corrected chi connectivity index (χ0v) is 25.7. The Labute approximate surface area is 266 Å². The van der Waals surface area contributed by atoms with Crippen LogP contribution in [0.4, 0.5) is 14.9 Å². The van der Waals surface area contributed by atoms with Crippen molar-refractivity contribution < 1.29 is 33.0 Å². The monoisotopic (exact) mass is 678 g/mol. The molecule has 4 aromatic rings. The van der Waals surface area contributed by atoms with Crippen molar-refractivity contribution >= 4 is 57.1 Å². The molecule has 0 saturated carbocycles. The van der Waals surface area contributed by atoms with Crippen LogP contribution in [0.2, 0.25) is 5.02 Å². The van der Waals surface area contributed by atoms with Gasteiger partial charge in [-0.1, -0.05) is 51.8 Å². The summed E-state index contributed by atoms with van der Waals surface area (Å²) >= 11 is 9.93. The van der Waals surface area contributed by atoms with Crippen LogP contribution >= 0.6 is 27.5 Å². The zero-order chi connectivity index (χ0) is 31.2. The smallest absolute Gasteiger partial charge is 0.335 e. The van der Waals surface area contributed by atoms with Crippen molar-refractivity contribution in [2.24, 2.45) is 0 Å². The minimum absolute atomic E-state index is 0.104. The SMILES string of the molecule is CCOc1cc(/C=C2\C(=O)NC(=O)N(c3ccc(OCc4ccc(Br)cc4)cc3)C2=O)cc(Cl)c1OCc1ccc(F)cc1. The zero-order valence-electron chi connectivity index (χ0n) is 23.3. The molecule has 1 heterocycles. The highest BCUT2D eigenvalue weighted by Gasteiger charge is 2.37. The Morgan fingerprint density at radius 2 is 1.50 bits per heavy atom. The molecule has 44 heavy (non-hydrogen) atoms. The molecule has 11 heteroatoms. The molecule has 1 aliphatic rings. The summed E-state index contributed by atoms with van der Waals surface area (Å²) in [6, 6.07) is 22.1. The number of barbiturate groups is 1. The maximum Gasteiger partial charge on any atom is 0.335 e. The van der Waals surface area contributed by atoms with Crippen LogP contribution in [0.5, 0.6) is 17.2 Å². The quantitative estimate of drug-likeness (QED) is 0.138. The first-order chi connectivity index (χ1) is 21.2. The van der Waals surface area contributed by atoms with E-state index in [1.165, 1.54) is 24.3 Å². The Morgan fingerprint density at radius 3 is 2.16 bits per heavy atom. The number of nitrogens with one attached hydrogen (secondary N) is 1. The normalized spacial score (nSPS) is 14.0. The lowest BCUT2D eigenvalue weighted by molar-refractivity contribution is -0.122. The predicted octanol–water partition coefficient (Wildman–Crippen LogP) is 7.46. The molecule has 4 aromatic carbocycles. The third kappa shape index (κ3) is 7.27. The molecule has 224 valence electrons. The molecule has 1 aliphatic heterocycles. The topological polar surface area (TPSA) is 94.2 Å². The Kier molecular flexibility index (Phi) is 9.62. The van der Waals surface area contributed by atoms with E-state index in [9.17, 15) is 18.8 Å². The number of imide groups is 2. The van der Waals surface area contributed by atoms with Gasteiger partial charge in [-0.15, -0.1) is 0 Å². The Hall–Kier alpha value is -4.67. The van der Waals surface area contributed by atoms with Crippen molar-refractivity contribution in [2.45, 2.75) is 20.1 Å².